The summed E-state index contributed by atoms with van der Waals surface area (Å²) >= 11 is 0. The van der Waals surface area contributed by atoms with E-state index in [9.17, 15) is 9.59 Å². The standard InChI is InChI=1S/C20H24N4O2/c25-18-15(10-13-4-1-2-5-16(13)22-18)19(26)24-9-3-7-20(12-24)8-6-14-11-21-23-17(14)20/h10-11H,1-9,12H2,(H,21,23)(H,22,25). The maximum Gasteiger partial charge on any atom is 0.261 e. The van der Waals surface area contributed by atoms with Gasteiger partial charge in [0.15, 0.2) is 0 Å². The van der Waals surface area contributed by atoms with Crippen LogP contribution in [-0.4, -0.2) is 39.1 Å². The summed E-state index contributed by atoms with van der Waals surface area (Å²) in [6, 6.07) is 1.85. The summed E-state index contributed by atoms with van der Waals surface area (Å²) in [5.74, 6) is -0.119. The van der Waals surface area contributed by atoms with E-state index in [1.54, 1.807) is 0 Å². The lowest BCUT2D eigenvalue weighted by molar-refractivity contribution is 0.0631. The third kappa shape index (κ3) is 2.35. The number of amides is 1. The number of piperidine rings is 1. The summed E-state index contributed by atoms with van der Waals surface area (Å²) in [5, 5.41) is 7.37. The van der Waals surface area contributed by atoms with Gasteiger partial charge < -0.3 is 9.88 Å². The number of aromatic nitrogens is 3. The van der Waals surface area contributed by atoms with Gasteiger partial charge in [0.05, 0.1) is 6.20 Å². The number of nitrogens with zero attached hydrogens (tertiary/aromatic N) is 2. The number of nitrogens with one attached hydrogen (secondary N) is 2. The van der Waals surface area contributed by atoms with Gasteiger partial charge in [-0.3, -0.25) is 14.7 Å². The van der Waals surface area contributed by atoms with Crippen molar-refractivity contribution in [1.82, 2.24) is 20.1 Å². The van der Waals surface area contributed by atoms with Gasteiger partial charge in [-0.1, -0.05) is 0 Å². The van der Waals surface area contributed by atoms with Gasteiger partial charge in [0.1, 0.15) is 5.56 Å². The van der Waals surface area contributed by atoms with Crippen LogP contribution in [0.4, 0.5) is 0 Å². The second-order valence-corrected chi connectivity index (χ2v) is 8.10. The number of likely N-dealkylation sites (tertiary alicyclic amines) is 1. The quantitative estimate of drug-likeness (QED) is 0.825. The molecule has 0 radical (unpaired) electrons. The van der Waals surface area contributed by atoms with Crippen molar-refractivity contribution < 1.29 is 4.79 Å². The van der Waals surface area contributed by atoms with E-state index in [-0.39, 0.29) is 16.9 Å². The zero-order valence-corrected chi connectivity index (χ0v) is 14.9. The van der Waals surface area contributed by atoms with Gasteiger partial charge >= 0.3 is 0 Å². The van der Waals surface area contributed by atoms with Gasteiger partial charge in [-0.05, 0) is 68.6 Å². The van der Waals surface area contributed by atoms with E-state index in [0.717, 1.165) is 69.2 Å². The summed E-state index contributed by atoms with van der Waals surface area (Å²) in [7, 11) is 0. The first kappa shape index (κ1) is 15.9. The van der Waals surface area contributed by atoms with Crippen molar-refractivity contribution in [1.29, 1.82) is 0 Å². The number of fused-ring (bicyclic) bond motifs is 3. The van der Waals surface area contributed by atoms with Crippen LogP contribution < -0.4 is 5.56 Å². The van der Waals surface area contributed by atoms with Crippen molar-refractivity contribution in [2.45, 2.75) is 56.8 Å². The summed E-state index contributed by atoms with van der Waals surface area (Å²) in [6.07, 6.45) is 10.1. The number of hydrogen-bond acceptors (Lipinski definition) is 3. The molecule has 0 bridgehead atoms. The molecule has 0 saturated carbocycles. The molecule has 1 atom stereocenters. The third-order valence-corrected chi connectivity index (χ3v) is 6.55. The van der Waals surface area contributed by atoms with Crippen LogP contribution in [0.5, 0.6) is 0 Å². The highest BCUT2D eigenvalue weighted by atomic mass is 16.2. The fourth-order valence-corrected chi connectivity index (χ4v) is 5.18. The molecule has 6 nitrogen and oxygen atoms in total. The molecule has 3 aliphatic rings. The molecule has 3 heterocycles. The summed E-state index contributed by atoms with van der Waals surface area (Å²) in [5.41, 5.74) is 4.71. The van der Waals surface area contributed by atoms with Crippen molar-refractivity contribution in [3.05, 3.63) is 50.7 Å². The molecule has 5 rings (SSSR count). The first-order chi connectivity index (χ1) is 12.7. The summed E-state index contributed by atoms with van der Waals surface area (Å²) in [4.78, 5) is 30.6. The van der Waals surface area contributed by atoms with Crippen LogP contribution in [0.25, 0.3) is 0 Å². The van der Waals surface area contributed by atoms with Crippen molar-refractivity contribution in [3.63, 3.8) is 0 Å². The molecule has 136 valence electrons. The van der Waals surface area contributed by atoms with E-state index >= 15 is 0 Å². The van der Waals surface area contributed by atoms with Crippen LogP contribution in [0.2, 0.25) is 0 Å². The van der Waals surface area contributed by atoms with E-state index in [4.69, 9.17) is 0 Å². The van der Waals surface area contributed by atoms with Gasteiger partial charge in [0, 0.05) is 29.9 Å². The molecular weight excluding hydrogens is 328 g/mol. The van der Waals surface area contributed by atoms with Crippen molar-refractivity contribution in [2.75, 3.05) is 13.1 Å². The highest BCUT2D eigenvalue weighted by molar-refractivity contribution is 5.94. The Morgan fingerprint density at radius 2 is 2.00 bits per heavy atom. The van der Waals surface area contributed by atoms with Gasteiger partial charge in [0.25, 0.3) is 11.5 Å². The Labute approximate surface area is 152 Å². The van der Waals surface area contributed by atoms with Crippen LogP contribution in [0, 0.1) is 0 Å². The minimum Gasteiger partial charge on any atom is -0.338 e. The van der Waals surface area contributed by atoms with Crippen LogP contribution in [0.3, 0.4) is 0 Å². The van der Waals surface area contributed by atoms with Crippen molar-refractivity contribution >= 4 is 5.91 Å². The van der Waals surface area contributed by atoms with Crippen LogP contribution in [0.15, 0.2) is 17.1 Å². The molecule has 2 aromatic heterocycles. The maximum absolute atomic E-state index is 13.2. The van der Waals surface area contributed by atoms with E-state index in [2.05, 4.69) is 15.2 Å². The topological polar surface area (TPSA) is 81.8 Å². The second-order valence-electron chi connectivity index (χ2n) is 8.10. The molecule has 1 saturated heterocycles. The predicted molar refractivity (Wildman–Crippen MR) is 97.4 cm³/mol. The van der Waals surface area contributed by atoms with Crippen molar-refractivity contribution in [2.24, 2.45) is 0 Å². The number of aryl methyl sites for hydroxylation is 3. The first-order valence-electron chi connectivity index (χ1n) is 9.73. The smallest absolute Gasteiger partial charge is 0.261 e. The van der Waals surface area contributed by atoms with Crippen LogP contribution in [0.1, 0.15) is 65.0 Å². The third-order valence-electron chi connectivity index (χ3n) is 6.55. The minimum atomic E-state index is -0.232. The lowest BCUT2D eigenvalue weighted by atomic mass is 9.77. The Morgan fingerprint density at radius 1 is 1.12 bits per heavy atom. The second kappa shape index (κ2) is 5.83. The zero-order valence-electron chi connectivity index (χ0n) is 14.9. The van der Waals surface area contributed by atoms with Gasteiger partial charge in [-0.25, -0.2) is 0 Å². The highest BCUT2D eigenvalue weighted by Crippen LogP contribution is 2.44. The molecular formula is C20H24N4O2. The van der Waals surface area contributed by atoms with Gasteiger partial charge in [-0.15, -0.1) is 0 Å². The lowest BCUT2D eigenvalue weighted by Crippen LogP contribution is -2.48. The Bertz CT molecular complexity index is 928. The summed E-state index contributed by atoms with van der Waals surface area (Å²) in [6.45, 7) is 1.40. The normalized spacial score (nSPS) is 24.5. The van der Waals surface area contributed by atoms with E-state index in [0.29, 0.717) is 12.1 Å². The SMILES string of the molecule is O=C(c1cc2c([nH]c1=O)CCCC2)N1CCCC2(CCc3cn[nH]c32)C1. The largest absolute Gasteiger partial charge is 0.338 e. The number of carbonyl (C=O) groups excluding carboxylic acids is 1. The monoisotopic (exact) mass is 352 g/mol. The van der Waals surface area contributed by atoms with Crippen LogP contribution >= 0.6 is 0 Å². The summed E-state index contributed by atoms with van der Waals surface area (Å²) < 4.78 is 0. The minimum absolute atomic E-state index is 0.0132. The maximum atomic E-state index is 13.2. The predicted octanol–water partition coefficient (Wildman–Crippen LogP) is 2.10. The molecule has 1 spiro atoms. The molecule has 0 aromatic carbocycles. The number of H-pyrrole nitrogens is 2. The number of carbonyl (C=O) groups is 1. The Morgan fingerprint density at radius 3 is 2.92 bits per heavy atom. The van der Waals surface area contributed by atoms with E-state index in [1.165, 1.54) is 11.3 Å². The number of pyridine rings is 1. The molecule has 1 unspecified atom stereocenters. The molecule has 1 fully saturated rings. The fourth-order valence-electron chi connectivity index (χ4n) is 5.18. The molecule has 2 aliphatic carbocycles. The molecule has 2 aromatic rings. The van der Waals surface area contributed by atoms with Gasteiger partial charge in [-0.2, -0.15) is 5.10 Å². The average Bonchev–Trinajstić information content (AvgIpc) is 3.26. The molecule has 26 heavy (non-hydrogen) atoms. The number of aromatic amines is 2. The Balaban J connectivity index is 1.45. The number of hydrogen-bond donors (Lipinski definition) is 2. The van der Waals surface area contributed by atoms with E-state index < -0.39 is 0 Å². The highest BCUT2D eigenvalue weighted by Gasteiger charge is 2.44. The molecule has 2 N–H and O–H groups in total. The molecule has 1 aliphatic heterocycles. The molecule has 1 amide bonds. The Kier molecular flexibility index (Phi) is 3.55. The Hall–Kier alpha value is -2.37. The van der Waals surface area contributed by atoms with Crippen molar-refractivity contribution in [3.8, 4) is 0 Å². The van der Waals surface area contributed by atoms with Crippen LogP contribution in [-0.2, 0) is 24.7 Å². The molecule has 6 heteroatoms. The number of rotatable bonds is 1. The zero-order chi connectivity index (χ0) is 17.7. The lowest BCUT2D eigenvalue weighted by Gasteiger charge is -2.40. The first-order valence-corrected chi connectivity index (χ1v) is 9.73. The van der Waals surface area contributed by atoms with E-state index in [1.807, 2.05) is 17.2 Å². The average molecular weight is 352 g/mol. The van der Waals surface area contributed by atoms with Gasteiger partial charge in [0.2, 0.25) is 0 Å². The fraction of sp³-hybridized carbons (Fsp3) is 0.550.